The zero-order valence-corrected chi connectivity index (χ0v) is 8.40. The number of fused-ring (bicyclic) bond motifs is 1. The van der Waals surface area contributed by atoms with Crippen LogP contribution in [-0.4, -0.2) is 24.8 Å². The zero-order chi connectivity index (χ0) is 10.8. The highest BCUT2D eigenvalue weighted by Crippen LogP contribution is 2.30. The highest BCUT2D eigenvalue weighted by molar-refractivity contribution is 5.71. The topological polar surface area (TPSA) is 55.8 Å². The minimum absolute atomic E-state index is 0.232. The van der Waals surface area contributed by atoms with Crippen molar-refractivity contribution in [1.82, 2.24) is 0 Å². The van der Waals surface area contributed by atoms with Crippen molar-refractivity contribution in [1.29, 1.82) is 0 Å². The van der Waals surface area contributed by atoms with Crippen molar-refractivity contribution in [3.63, 3.8) is 0 Å². The third-order valence-corrected chi connectivity index (χ3v) is 2.53. The maximum atomic E-state index is 10.8. The lowest BCUT2D eigenvalue weighted by Crippen LogP contribution is -2.27. The van der Waals surface area contributed by atoms with Gasteiger partial charge >= 0.3 is 5.97 Å². The van der Waals surface area contributed by atoms with Crippen molar-refractivity contribution in [3.8, 4) is 11.5 Å². The molecule has 0 saturated heterocycles. The lowest BCUT2D eigenvalue weighted by molar-refractivity contribution is -0.143. The largest absolute Gasteiger partial charge is 0.497 e. The van der Waals surface area contributed by atoms with E-state index in [0.717, 1.165) is 17.1 Å². The predicted molar refractivity (Wildman–Crippen MR) is 53.3 cm³/mol. The van der Waals surface area contributed by atoms with Crippen LogP contribution in [0.3, 0.4) is 0 Å². The fourth-order valence-electron chi connectivity index (χ4n) is 1.64. The Balaban J connectivity index is 2.24. The highest BCUT2D eigenvalue weighted by Gasteiger charge is 2.25. The summed E-state index contributed by atoms with van der Waals surface area (Å²) in [6.45, 7) is 0.232. The minimum atomic E-state index is -0.809. The second-order valence-corrected chi connectivity index (χ2v) is 3.52. The van der Waals surface area contributed by atoms with Crippen molar-refractivity contribution in [2.45, 2.75) is 6.42 Å². The SMILES string of the molecule is COc1ccc2c(c1)OCC(C(=O)O)C2. The Hall–Kier alpha value is -1.71. The van der Waals surface area contributed by atoms with Crippen molar-refractivity contribution in [3.05, 3.63) is 23.8 Å². The molecule has 15 heavy (non-hydrogen) atoms. The third kappa shape index (κ3) is 1.88. The Labute approximate surface area is 87.4 Å². The molecule has 0 radical (unpaired) electrons. The smallest absolute Gasteiger partial charge is 0.310 e. The van der Waals surface area contributed by atoms with Gasteiger partial charge in [-0.05, 0) is 18.1 Å². The average molecular weight is 208 g/mol. The zero-order valence-electron chi connectivity index (χ0n) is 8.40. The van der Waals surface area contributed by atoms with Crippen LogP contribution >= 0.6 is 0 Å². The van der Waals surface area contributed by atoms with E-state index < -0.39 is 11.9 Å². The monoisotopic (exact) mass is 208 g/mol. The number of rotatable bonds is 2. The molecule has 0 fully saturated rings. The summed E-state index contributed by atoms with van der Waals surface area (Å²) in [6.07, 6.45) is 0.522. The van der Waals surface area contributed by atoms with Crippen LogP contribution in [0.1, 0.15) is 5.56 Å². The van der Waals surface area contributed by atoms with Crippen LogP contribution in [0.2, 0.25) is 0 Å². The molecule has 0 saturated carbocycles. The standard InChI is InChI=1S/C11H12O4/c1-14-9-3-2-7-4-8(11(12)13)6-15-10(7)5-9/h2-3,5,8H,4,6H2,1H3,(H,12,13). The van der Waals surface area contributed by atoms with Crippen molar-refractivity contribution < 1.29 is 19.4 Å². The van der Waals surface area contributed by atoms with Crippen LogP contribution in [-0.2, 0) is 11.2 Å². The Morgan fingerprint density at radius 3 is 3.07 bits per heavy atom. The second-order valence-electron chi connectivity index (χ2n) is 3.52. The van der Waals surface area contributed by atoms with Gasteiger partial charge in [0.15, 0.2) is 0 Å². The van der Waals surface area contributed by atoms with E-state index in [1.54, 1.807) is 13.2 Å². The molecule has 0 spiro atoms. The molecular weight excluding hydrogens is 196 g/mol. The van der Waals surface area contributed by atoms with Gasteiger partial charge in [0.1, 0.15) is 18.1 Å². The summed E-state index contributed by atoms with van der Waals surface area (Å²) in [4.78, 5) is 10.8. The molecule has 1 N–H and O–H groups in total. The Morgan fingerprint density at radius 2 is 2.40 bits per heavy atom. The Morgan fingerprint density at radius 1 is 1.60 bits per heavy atom. The highest BCUT2D eigenvalue weighted by atomic mass is 16.5. The first kappa shape index (κ1) is 9.83. The number of ether oxygens (including phenoxy) is 2. The number of benzene rings is 1. The molecule has 2 rings (SSSR count). The van der Waals surface area contributed by atoms with Crippen LogP contribution in [0.4, 0.5) is 0 Å². The number of carboxylic acid groups (broad SMARTS) is 1. The third-order valence-electron chi connectivity index (χ3n) is 2.53. The number of carbonyl (C=O) groups is 1. The van der Waals surface area contributed by atoms with Gasteiger partial charge < -0.3 is 14.6 Å². The quantitative estimate of drug-likeness (QED) is 0.796. The van der Waals surface area contributed by atoms with E-state index >= 15 is 0 Å². The molecular formula is C11H12O4. The fraction of sp³-hybridized carbons (Fsp3) is 0.364. The Kier molecular flexibility index (Phi) is 2.49. The summed E-state index contributed by atoms with van der Waals surface area (Å²) < 4.78 is 10.4. The number of methoxy groups -OCH3 is 1. The summed E-state index contributed by atoms with van der Waals surface area (Å²) in [5.74, 6) is 0.205. The predicted octanol–water partition coefficient (Wildman–Crippen LogP) is 1.33. The molecule has 4 heteroatoms. The second kappa shape index (κ2) is 3.81. The summed E-state index contributed by atoms with van der Waals surface area (Å²) in [7, 11) is 1.59. The van der Waals surface area contributed by atoms with Gasteiger partial charge in [-0.1, -0.05) is 6.07 Å². The van der Waals surface area contributed by atoms with E-state index in [1.165, 1.54) is 0 Å². The first-order valence-corrected chi connectivity index (χ1v) is 4.73. The van der Waals surface area contributed by atoms with Crippen molar-refractivity contribution in [2.75, 3.05) is 13.7 Å². The minimum Gasteiger partial charge on any atom is -0.497 e. The van der Waals surface area contributed by atoms with Crippen molar-refractivity contribution in [2.24, 2.45) is 5.92 Å². The van der Waals surface area contributed by atoms with E-state index in [2.05, 4.69) is 0 Å². The molecule has 1 aliphatic rings. The van der Waals surface area contributed by atoms with Crippen LogP contribution < -0.4 is 9.47 Å². The van der Waals surface area contributed by atoms with Gasteiger partial charge in [0.25, 0.3) is 0 Å². The lowest BCUT2D eigenvalue weighted by atomic mass is 9.97. The molecule has 0 bridgehead atoms. The van der Waals surface area contributed by atoms with E-state index in [1.807, 2.05) is 12.1 Å². The number of aliphatic carboxylic acids is 1. The van der Waals surface area contributed by atoms with Gasteiger partial charge in [-0.15, -0.1) is 0 Å². The summed E-state index contributed by atoms with van der Waals surface area (Å²) in [6, 6.07) is 5.45. The van der Waals surface area contributed by atoms with Gasteiger partial charge in [0.05, 0.1) is 13.0 Å². The van der Waals surface area contributed by atoms with Gasteiger partial charge in [0, 0.05) is 6.07 Å². The van der Waals surface area contributed by atoms with E-state index in [9.17, 15) is 4.79 Å². The molecule has 1 atom stereocenters. The van der Waals surface area contributed by atoms with Crippen LogP contribution in [0, 0.1) is 5.92 Å². The molecule has 4 nitrogen and oxygen atoms in total. The fourth-order valence-corrected chi connectivity index (χ4v) is 1.64. The Bertz CT molecular complexity index is 386. The van der Waals surface area contributed by atoms with E-state index in [0.29, 0.717) is 6.42 Å². The average Bonchev–Trinajstić information content (AvgIpc) is 2.27. The molecule has 1 aromatic rings. The maximum Gasteiger partial charge on any atom is 0.310 e. The molecule has 80 valence electrons. The first-order chi connectivity index (χ1) is 7.20. The number of hydrogen-bond donors (Lipinski definition) is 1. The van der Waals surface area contributed by atoms with Crippen LogP contribution in [0.25, 0.3) is 0 Å². The molecule has 0 aromatic heterocycles. The summed E-state index contributed by atoms with van der Waals surface area (Å²) in [5, 5.41) is 8.86. The van der Waals surface area contributed by atoms with Gasteiger partial charge in [-0.2, -0.15) is 0 Å². The van der Waals surface area contributed by atoms with Gasteiger partial charge in [0.2, 0.25) is 0 Å². The van der Waals surface area contributed by atoms with E-state index in [-0.39, 0.29) is 6.61 Å². The number of hydrogen-bond acceptors (Lipinski definition) is 3. The molecule has 1 aliphatic heterocycles. The summed E-state index contributed by atoms with van der Waals surface area (Å²) >= 11 is 0. The lowest BCUT2D eigenvalue weighted by Gasteiger charge is -2.22. The van der Waals surface area contributed by atoms with Crippen molar-refractivity contribution >= 4 is 5.97 Å². The molecule has 1 unspecified atom stereocenters. The molecule has 1 aromatic carbocycles. The summed E-state index contributed by atoms with van der Waals surface area (Å²) in [5.41, 5.74) is 0.925. The van der Waals surface area contributed by atoms with Crippen LogP contribution in [0.15, 0.2) is 18.2 Å². The maximum absolute atomic E-state index is 10.8. The molecule has 0 amide bonds. The van der Waals surface area contributed by atoms with Gasteiger partial charge in [-0.25, -0.2) is 0 Å². The van der Waals surface area contributed by atoms with Crippen LogP contribution in [0.5, 0.6) is 11.5 Å². The molecule has 0 aliphatic carbocycles. The van der Waals surface area contributed by atoms with Gasteiger partial charge in [-0.3, -0.25) is 4.79 Å². The number of carboxylic acids is 1. The first-order valence-electron chi connectivity index (χ1n) is 4.73. The van der Waals surface area contributed by atoms with E-state index in [4.69, 9.17) is 14.6 Å². The molecule has 1 heterocycles. The normalized spacial score (nSPS) is 18.9.